The van der Waals surface area contributed by atoms with Gasteiger partial charge in [-0.25, -0.2) is 9.18 Å². The highest BCUT2D eigenvalue weighted by atomic mass is 19.1. The van der Waals surface area contributed by atoms with Gasteiger partial charge in [0.25, 0.3) is 0 Å². The molecule has 0 aromatic heterocycles. The maximum absolute atomic E-state index is 13.6. The van der Waals surface area contributed by atoms with E-state index in [1.165, 1.54) is 12.1 Å². The molecule has 100 valence electrons. The van der Waals surface area contributed by atoms with E-state index in [2.05, 4.69) is 0 Å². The van der Waals surface area contributed by atoms with E-state index in [0.29, 0.717) is 6.61 Å². The summed E-state index contributed by atoms with van der Waals surface area (Å²) in [6.45, 7) is 4.25. The van der Waals surface area contributed by atoms with Crippen LogP contribution in [0.3, 0.4) is 0 Å². The smallest absolute Gasteiger partial charge is 0.335 e. The summed E-state index contributed by atoms with van der Waals surface area (Å²) in [5.41, 5.74) is -0.329. The molecule has 0 fully saturated rings. The number of carboxylic acid groups (broad SMARTS) is 1. The Labute approximate surface area is 106 Å². The Bertz CT molecular complexity index is 444. The fourth-order valence-electron chi connectivity index (χ4n) is 1.13. The van der Waals surface area contributed by atoms with E-state index < -0.39 is 11.8 Å². The first-order chi connectivity index (χ1) is 8.24. The summed E-state index contributed by atoms with van der Waals surface area (Å²) in [6.07, 6.45) is 0. The second-order valence-corrected chi connectivity index (χ2v) is 4.95. The van der Waals surface area contributed by atoms with Gasteiger partial charge in [-0.3, -0.25) is 0 Å². The van der Waals surface area contributed by atoms with E-state index in [1.54, 1.807) is 0 Å². The fourth-order valence-corrected chi connectivity index (χ4v) is 1.13. The second-order valence-electron chi connectivity index (χ2n) is 4.95. The van der Waals surface area contributed by atoms with Gasteiger partial charge in [0, 0.05) is 5.54 Å². The van der Waals surface area contributed by atoms with Gasteiger partial charge in [0.2, 0.25) is 0 Å². The Morgan fingerprint density at radius 3 is 2.50 bits per heavy atom. The Morgan fingerprint density at radius 2 is 2.06 bits per heavy atom. The van der Waals surface area contributed by atoms with E-state index >= 15 is 0 Å². The summed E-state index contributed by atoms with van der Waals surface area (Å²) in [6, 6.07) is 3.62. The molecule has 5 heteroatoms. The van der Waals surface area contributed by atoms with Crippen molar-refractivity contribution in [1.29, 1.82) is 0 Å². The lowest BCUT2D eigenvalue weighted by Crippen LogP contribution is -2.43. The topological polar surface area (TPSA) is 49.8 Å². The van der Waals surface area contributed by atoms with Crippen molar-refractivity contribution in [1.82, 2.24) is 4.90 Å². The third-order valence-electron chi connectivity index (χ3n) is 2.97. The molecular formula is C13H18FNO3. The molecule has 0 bridgehead atoms. The SMILES string of the molecule is CN(C)C(C)(C)COc1ccc(C(=O)O)cc1F. The van der Waals surface area contributed by atoms with Crippen LogP contribution in [0.4, 0.5) is 4.39 Å². The number of likely N-dealkylation sites (N-methyl/N-ethyl adjacent to an activating group) is 1. The van der Waals surface area contributed by atoms with Crippen molar-refractivity contribution in [2.24, 2.45) is 0 Å². The van der Waals surface area contributed by atoms with Crippen LogP contribution in [0.15, 0.2) is 18.2 Å². The molecule has 0 unspecified atom stereocenters. The molecule has 1 N–H and O–H groups in total. The molecule has 4 nitrogen and oxygen atoms in total. The summed E-state index contributed by atoms with van der Waals surface area (Å²) in [5.74, 6) is -1.76. The minimum Gasteiger partial charge on any atom is -0.489 e. The number of hydrogen-bond acceptors (Lipinski definition) is 3. The van der Waals surface area contributed by atoms with Crippen molar-refractivity contribution in [3.8, 4) is 5.75 Å². The highest BCUT2D eigenvalue weighted by molar-refractivity contribution is 5.87. The number of rotatable bonds is 5. The third kappa shape index (κ3) is 3.43. The number of hydrogen-bond donors (Lipinski definition) is 1. The number of carboxylic acids is 1. The van der Waals surface area contributed by atoms with Crippen LogP contribution in [0.25, 0.3) is 0 Å². The first-order valence-corrected chi connectivity index (χ1v) is 5.57. The minimum atomic E-state index is -1.16. The number of nitrogens with zero attached hydrogens (tertiary/aromatic N) is 1. The summed E-state index contributed by atoms with van der Waals surface area (Å²) >= 11 is 0. The van der Waals surface area contributed by atoms with Crippen LogP contribution in [-0.4, -0.2) is 42.2 Å². The van der Waals surface area contributed by atoms with Crippen molar-refractivity contribution >= 4 is 5.97 Å². The highest BCUT2D eigenvalue weighted by Gasteiger charge is 2.22. The predicted octanol–water partition coefficient (Wildman–Crippen LogP) is 2.24. The van der Waals surface area contributed by atoms with Crippen molar-refractivity contribution in [2.75, 3.05) is 20.7 Å². The maximum atomic E-state index is 13.6. The van der Waals surface area contributed by atoms with Crippen LogP contribution in [0.1, 0.15) is 24.2 Å². The van der Waals surface area contributed by atoms with E-state index in [1.807, 2.05) is 32.8 Å². The summed E-state index contributed by atoms with van der Waals surface area (Å²) in [7, 11) is 3.82. The average molecular weight is 255 g/mol. The molecular weight excluding hydrogens is 237 g/mol. The van der Waals surface area contributed by atoms with E-state index in [-0.39, 0.29) is 16.9 Å². The molecule has 0 saturated carbocycles. The molecule has 0 atom stereocenters. The summed E-state index contributed by atoms with van der Waals surface area (Å²) < 4.78 is 19.0. The Balaban J connectivity index is 2.78. The van der Waals surface area contributed by atoms with Gasteiger partial charge in [-0.2, -0.15) is 0 Å². The molecule has 1 aromatic carbocycles. The van der Waals surface area contributed by atoms with Crippen LogP contribution in [0.2, 0.25) is 0 Å². The van der Waals surface area contributed by atoms with Gasteiger partial charge in [0.15, 0.2) is 11.6 Å². The largest absolute Gasteiger partial charge is 0.489 e. The van der Waals surface area contributed by atoms with Gasteiger partial charge >= 0.3 is 5.97 Å². The molecule has 1 aromatic rings. The second kappa shape index (κ2) is 5.35. The third-order valence-corrected chi connectivity index (χ3v) is 2.97. The van der Waals surface area contributed by atoms with Crippen LogP contribution >= 0.6 is 0 Å². The first-order valence-electron chi connectivity index (χ1n) is 5.57. The number of carbonyl (C=O) groups is 1. The number of aromatic carboxylic acids is 1. The van der Waals surface area contributed by atoms with Gasteiger partial charge in [0.05, 0.1) is 5.56 Å². The molecule has 0 aliphatic rings. The zero-order chi connectivity index (χ0) is 13.9. The van der Waals surface area contributed by atoms with Gasteiger partial charge in [0.1, 0.15) is 6.61 Å². The monoisotopic (exact) mass is 255 g/mol. The molecule has 0 aliphatic carbocycles. The van der Waals surface area contributed by atoms with Crippen LogP contribution in [-0.2, 0) is 0 Å². The number of halogens is 1. The zero-order valence-corrected chi connectivity index (χ0v) is 11.0. The molecule has 0 saturated heterocycles. The molecule has 0 heterocycles. The highest BCUT2D eigenvalue weighted by Crippen LogP contribution is 2.20. The molecule has 0 radical (unpaired) electrons. The van der Waals surface area contributed by atoms with Gasteiger partial charge in [-0.15, -0.1) is 0 Å². The van der Waals surface area contributed by atoms with Crippen LogP contribution in [0, 0.1) is 5.82 Å². The Hall–Kier alpha value is -1.62. The number of benzene rings is 1. The van der Waals surface area contributed by atoms with Crippen molar-refractivity contribution in [3.63, 3.8) is 0 Å². The van der Waals surface area contributed by atoms with Gasteiger partial charge in [-0.05, 0) is 46.1 Å². The lowest BCUT2D eigenvalue weighted by atomic mass is 10.1. The van der Waals surface area contributed by atoms with Crippen molar-refractivity contribution in [3.05, 3.63) is 29.6 Å². The lowest BCUT2D eigenvalue weighted by molar-refractivity contribution is 0.0696. The summed E-state index contributed by atoms with van der Waals surface area (Å²) in [5, 5.41) is 8.72. The molecule has 0 aliphatic heterocycles. The van der Waals surface area contributed by atoms with E-state index in [4.69, 9.17) is 9.84 Å². The van der Waals surface area contributed by atoms with Gasteiger partial charge in [-0.1, -0.05) is 0 Å². The normalized spacial score (nSPS) is 11.7. The lowest BCUT2D eigenvalue weighted by Gasteiger charge is -2.32. The first kappa shape index (κ1) is 14.4. The van der Waals surface area contributed by atoms with Gasteiger partial charge < -0.3 is 14.7 Å². The fraction of sp³-hybridized carbons (Fsp3) is 0.462. The van der Waals surface area contributed by atoms with Crippen molar-refractivity contribution < 1.29 is 19.0 Å². The predicted molar refractivity (Wildman–Crippen MR) is 66.6 cm³/mol. The zero-order valence-electron chi connectivity index (χ0n) is 11.0. The van der Waals surface area contributed by atoms with E-state index in [0.717, 1.165) is 6.07 Å². The summed E-state index contributed by atoms with van der Waals surface area (Å²) in [4.78, 5) is 12.6. The molecule has 18 heavy (non-hydrogen) atoms. The molecule has 0 spiro atoms. The Kier molecular flexibility index (Phi) is 4.29. The van der Waals surface area contributed by atoms with Crippen molar-refractivity contribution in [2.45, 2.75) is 19.4 Å². The minimum absolute atomic E-state index is 0.0647. The molecule has 1 rings (SSSR count). The van der Waals surface area contributed by atoms with E-state index in [9.17, 15) is 9.18 Å². The number of ether oxygens (including phenoxy) is 1. The average Bonchev–Trinajstić information content (AvgIpc) is 2.26. The van der Waals surface area contributed by atoms with Crippen LogP contribution < -0.4 is 4.74 Å². The standard InChI is InChI=1S/C13H18FNO3/c1-13(2,15(3)4)8-18-11-6-5-9(12(16)17)7-10(11)14/h5-7H,8H2,1-4H3,(H,16,17). The quantitative estimate of drug-likeness (QED) is 0.876. The van der Waals surface area contributed by atoms with Crippen LogP contribution in [0.5, 0.6) is 5.75 Å². The molecule has 0 amide bonds. The maximum Gasteiger partial charge on any atom is 0.335 e. The Morgan fingerprint density at radius 1 is 1.44 bits per heavy atom.